The zero-order chi connectivity index (χ0) is 11.5. The van der Waals surface area contributed by atoms with Crippen LogP contribution in [0.15, 0.2) is 0 Å². The molecule has 0 amide bonds. The molecule has 15 heavy (non-hydrogen) atoms. The molecular formula is C10H19NO3S. The highest BCUT2D eigenvalue weighted by Gasteiger charge is 2.33. The minimum absolute atomic E-state index is 0.199. The van der Waals surface area contributed by atoms with Crippen LogP contribution < -0.4 is 0 Å². The molecule has 2 unspecified atom stereocenters. The average molecular weight is 233 g/mol. The SMILES string of the molecule is CCC1CN(CC=O)CC1CS(C)(=O)=O. The molecule has 0 saturated carbocycles. The summed E-state index contributed by atoms with van der Waals surface area (Å²) in [5.74, 6) is 0.866. The molecule has 1 heterocycles. The Balaban J connectivity index is 2.60. The van der Waals surface area contributed by atoms with Crippen molar-refractivity contribution in [2.24, 2.45) is 11.8 Å². The minimum atomic E-state index is -2.90. The van der Waals surface area contributed by atoms with E-state index < -0.39 is 9.84 Å². The molecule has 1 rings (SSSR count). The topological polar surface area (TPSA) is 54.5 Å². The van der Waals surface area contributed by atoms with E-state index in [2.05, 4.69) is 6.92 Å². The van der Waals surface area contributed by atoms with Crippen molar-refractivity contribution in [3.8, 4) is 0 Å². The Labute approximate surface area is 91.6 Å². The van der Waals surface area contributed by atoms with Crippen molar-refractivity contribution >= 4 is 16.1 Å². The largest absolute Gasteiger partial charge is 0.302 e. The number of aldehydes is 1. The van der Waals surface area contributed by atoms with Gasteiger partial charge in [0.2, 0.25) is 0 Å². The number of rotatable bonds is 5. The molecule has 0 bridgehead atoms. The van der Waals surface area contributed by atoms with Gasteiger partial charge >= 0.3 is 0 Å². The van der Waals surface area contributed by atoms with Gasteiger partial charge in [0.15, 0.2) is 0 Å². The summed E-state index contributed by atoms with van der Waals surface area (Å²) < 4.78 is 22.5. The van der Waals surface area contributed by atoms with Crippen LogP contribution in [0.1, 0.15) is 13.3 Å². The summed E-state index contributed by atoms with van der Waals surface area (Å²) in [6.45, 7) is 4.10. The maximum Gasteiger partial charge on any atom is 0.147 e. The standard InChI is InChI=1S/C10H19NO3S/c1-3-9-6-11(4-5-12)7-10(9)8-15(2,13)14/h5,9-10H,3-4,6-8H2,1-2H3. The first-order chi connectivity index (χ1) is 6.96. The molecule has 0 spiro atoms. The number of nitrogens with zero attached hydrogens (tertiary/aromatic N) is 1. The third kappa shape index (κ3) is 3.91. The predicted octanol–water partition coefficient (Wildman–Crippen LogP) is 0.188. The number of hydrogen-bond donors (Lipinski definition) is 0. The van der Waals surface area contributed by atoms with Crippen LogP contribution in [0.3, 0.4) is 0 Å². The Hall–Kier alpha value is -0.420. The van der Waals surface area contributed by atoms with Gasteiger partial charge in [-0.25, -0.2) is 8.42 Å². The Bertz CT molecular complexity index is 313. The minimum Gasteiger partial charge on any atom is -0.302 e. The van der Waals surface area contributed by atoms with Gasteiger partial charge in [0.1, 0.15) is 16.1 Å². The van der Waals surface area contributed by atoms with Crippen molar-refractivity contribution in [3.63, 3.8) is 0 Å². The monoisotopic (exact) mass is 233 g/mol. The summed E-state index contributed by atoms with van der Waals surface area (Å²) in [6, 6.07) is 0. The van der Waals surface area contributed by atoms with Crippen LogP contribution in [0.2, 0.25) is 0 Å². The maximum atomic E-state index is 11.2. The fourth-order valence-electron chi connectivity index (χ4n) is 2.33. The lowest BCUT2D eigenvalue weighted by atomic mass is 9.96. The Morgan fingerprint density at radius 2 is 1.93 bits per heavy atom. The first kappa shape index (κ1) is 12.6. The fourth-order valence-corrected chi connectivity index (χ4v) is 3.49. The van der Waals surface area contributed by atoms with E-state index in [0.717, 1.165) is 25.8 Å². The number of carbonyl (C=O) groups is 1. The maximum absolute atomic E-state index is 11.2. The summed E-state index contributed by atoms with van der Waals surface area (Å²) >= 11 is 0. The van der Waals surface area contributed by atoms with Crippen LogP contribution in [0, 0.1) is 11.8 Å². The molecule has 4 nitrogen and oxygen atoms in total. The summed E-state index contributed by atoms with van der Waals surface area (Å²) in [4.78, 5) is 12.4. The molecule has 1 aliphatic rings. The number of carbonyl (C=O) groups excluding carboxylic acids is 1. The lowest BCUT2D eigenvalue weighted by Crippen LogP contribution is -2.24. The van der Waals surface area contributed by atoms with Gasteiger partial charge in [-0.1, -0.05) is 13.3 Å². The van der Waals surface area contributed by atoms with Crippen molar-refractivity contribution in [2.75, 3.05) is 31.6 Å². The van der Waals surface area contributed by atoms with Gasteiger partial charge in [0, 0.05) is 19.3 Å². The zero-order valence-corrected chi connectivity index (χ0v) is 10.2. The highest BCUT2D eigenvalue weighted by Crippen LogP contribution is 2.26. The van der Waals surface area contributed by atoms with Gasteiger partial charge in [-0.15, -0.1) is 0 Å². The Morgan fingerprint density at radius 1 is 1.33 bits per heavy atom. The second-order valence-electron chi connectivity index (χ2n) is 4.41. The van der Waals surface area contributed by atoms with Gasteiger partial charge in [-0.3, -0.25) is 4.90 Å². The smallest absolute Gasteiger partial charge is 0.147 e. The summed E-state index contributed by atoms with van der Waals surface area (Å²) in [5, 5.41) is 0. The molecular weight excluding hydrogens is 214 g/mol. The molecule has 0 aromatic rings. The Morgan fingerprint density at radius 3 is 2.40 bits per heavy atom. The van der Waals surface area contributed by atoms with E-state index in [1.54, 1.807) is 0 Å². The highest BCUT2D eigenvalue weighted by atomic mass is 32.2. The van der Waals surface area contributed by atoms with Crippen molar-refractivity contribution in [1.29, 1.82) is 0 Å². The van der Waals surface area contributed by atoms with Crippen LogP contribution in [-0.2, 0) is 14.6 Å². The van der Waals surface area contributed by atoms with E-state index in [1.165, 1.54) is 6.26 Å². The molecule has 0 aliphatic carbocycles. The summed E-state index contributed by atoms with van der Waals surface area (Å²) in [7, 11) is -2.90. The fraction of sp³-hybridized carbons (Fsp3) is 0.900. The summed E-state index contributed by atoms with van der Waals surface area (Å²) in [5.41, 5.74) is 0. The van der Waals surface area contributed by atoms with Gasteiger partial charge in [0.25, 0.3) is 0 Å². The van der Waals surface area contributed by atoms with E-state index in [1.807, 2.05) is 4.90 Å². The summed E-state index contributed by atoms with van der Waals surface area (Å²) in [6.07, 6.45) is 3.15. The number of likely N-dealkylation sites (tertiary alicyclic amines) is 1. The van der Waals surface area contributed by atoms with Gasteiger partial charge in [0.05, 0.1) is 12.3 Å². The molecule has 2 atom stereocenters. The van der Waals surface area contributed by atoms with Gasteiger partial charge in [-0.05, 0) is 11.8 Å². The number of sulfone groups is 1. The molecule has 0 radical (unpaired) electrons. The predicted molar refractivity (Wildman–Crippen MR) is 59.5 cm³/mol. The normalized spacial score (nSPS) is 28.1. The molecule has 88 valence electrons. The lowest BCUT2D eigenvalue weighted by Gasteiger charge is -2.14. The molecule has 0 N–H and O–H groups in total. The van der Waals surface area contributed by atoms with Crippen molar-refractivity contribution in [3.05, 3.63) is 0 Å². The highest BCUT2D eigenvalue weighted by molar-refractivity contribution is 7.90. The third-order valence-corrected chi connectivity index (χ3v) is 4.06. The quantitative estimate of drug-likeness (QED) is 0.636. The van der Waals surface area contributed by atoms with Crippen LogP contribution in [0.25, 0.3) is 0 Å². The number of hydrogen-bond acceptors (Lipinski definition) is 4. The van der Waals surface area contributed by atoms with Crippen LogP contribution in [0.4, 0.5) is 0 Å². The molecule has 1 aliphatic heterocycles. The Kier molecular flexibility index (Phi) is 4.28. The molecule has 5 heteroatoms. The van der Waals surface area contributed by atoms with Crippen LogP contribution in [-0.4, -0.2) is 51.2 Å². The van der Waals surface area contributed by atoms with Crippen LogP contribution in [0.5, 0.6) is 0 Å². The van der Waals surface area contributed by atoms with E-state index in [4.69, 9.17) is 0 Å². The van der Waals surface area contributed by atoms with E-state index >= 15 is 0 Å². The van der Waals surface area contributed by atoms with E-state index in [9.17, 15) is 13.2 Å². The lowest BCUT2D eigenvalue weighted by molar-refractivity contribution is -0.108. The van der Waals surface area contributed by atoms with Crippen LogP contribution >= 0.6 is 0 Å². The molecule has 0 aromatic heterocycles. The van der Waals surface area contributed by atoms with Crippen molar-refractivity contribution in [2.45, 2.75) is 13.3 Å². The van der Waals surface area contributed by atoms with E-state index in [-0.39, 0.29) is 11.7 Å². The van der Waals surface area contributed by atoms with Gasteiger partial charge < -0.3 is 4.79 Å². The first-order valence-electron chi connectivity index (χ1n) is 5.30. The third-order valence-electron chi connectivity index (χ3n) is 3.03. The van der Waals surface area contributed by atoms with Gasteiger partial charge in [-0.2, -0.15) is 0 Å². The average Bonchev–Trinajstić information content (AvgIpc) is 2.45. The van der Waals surface area contributed by atoms with Crippen molar-refractivity contribution in [1.82, 2.24) is 4.90 Å². The second kappa shape index (κ2) is 5.07. The molecule has 1 fully saturated rings. The van der Waals surface area contributed by atoms with Crippen molar-refractivity contribution < 1.29 is 13.2 Å². The zero-order valence-electron chi connectivity index (χ0n) is 9.35. The second-order valence-corrected chi connectivity index (χ2v) is 6.59. The first-order valence-corrected chi connectivity index (χ1v) is 7.36. The van der Waals surface area contributed by atoms with E-state index in [0.29, 0.717) is 12.5 Å². The molecule has 0 aromatic carbocycles. The molecule has 1 saturated heterocycles.